The molecule has 1 saturated heterocycles. The number of carbonyl (C=O) groups is 1. The molecule has 29 heavy (non-hydrogen) atoms. The first-order chi connectivity index (χ1) is 13.8. The van der Waals surface area contributed by atoms with Gasteiger partial charge >= 0.3 is 12.1 Å². The van der Waals surface area contributed by atoms with Crippen LogP contribution in [0.2, 0.25) is 0 Å². The van der Waals surface area contributed by atoms with Crippen LogP contribution in [0.5, 0.6) is 0 Å². The molecule has 1 aliphatic heterocycles. The molecule has 2 aromatic carbocycles. The summed E-state index contributed by atoms with van der Waals surface area (Å²) < 4.78 is 38.9. The van der Waals surface area contributed by atoms with Gasteiger partial charge in [0.25, 0.3) is 0 Å². The van der Waals surface area contributed by atoms with Crippen molar-refractivity contribution in [3.63, 3.8) is 0 Å². The van der Waals surface area contributed by atoms with Crippen molar-refractivity contribution >= 4 is 22.6 Å². The Labute approximate surface area is 165 Å². The van der Waals surface area contributed by atoms with Gasteiger partial charge in [-0.1, -0.05) is 24.3 Å². The second kappa shape index (κ2) is 7.44. The lowest BCUT2D eigenvalue weighted by molar-refractivity contribution is -0.143. The van der Waals surface area contributed by atoms with Crippen LogP contribution in [0.15, 0.2) is 54.7 Å². The lowest BCUT2D eigenvalue weighted by Gasteiger charge is -2.39. The number of carboxylic acids is 1. The van der Waals surface area contributed by atoms with Crippen LogP contribution >= 0.6 is 0 Å². The lowest BCUT2D eigenvalue weighted by Crippen LogP contribution is -2.49. The number of H-pyrrole nitrogens is 1. The van der Waals surface area contributed by atoms with Crippen LogP contribution in [0.4, 0.5) is 18.9 Å². The molecule has 1 atom stereocenters. The highest BCUT2D eigenvalue weighted by molar-refractivity contribution is 5.89. The molecule has 1 aromatic heterocycles. The van der Waals surface area contributed by atoms with Gasteiger partial charge in [0.2, 0.25) is 0 Å². The van der Waals surface area contributed by atoms with Gasteiger partial charge in [0, 0.05) is 54.5 Å². The van der Waals surface area contributed by atoms with Gasteiger partial charge in [-0.2, -0.15) is 13.2 Å². The number of piperazine rings is 1. The monoisotopic (exact) mass is 403 g/mol. The summed E-state index contributed by atoms with van der Waals surface area (Å²) in [6, 6.07) is 12.0. The molecule has 2 N–H and O–H groups in total. The zero-order valence-electron chi connectivity index (χ0n) is 15.5. The molecule has 1 aliphatic rings. The number of fused-ring (bicyclic) bond motifs is 1. The van der Waals surface area contributed by atoms with Gasteiger partial charge in [-0.05, 0) is 24.3 Å². The average Bonchev–Trinajstić information content (AvgIpc) is 3.12. The third kappa shape index (κ3) is 3.80. The van der Waals surface area contributed by atoms with E-state index in [0.29, 0.717) is 37.4 Å². The Kier molecular flexibility index (Phi) is 4.96. The number of hydrogen-bond donors (Lipinski definition) is 2. The molecule has 8 heteroatoms. The molecule has 0 bridgehead atoms. The molecule has 3 aromatic rings. The maximum absolute atomic E-state index is 13.0. The van der Waals surface area contributed by atoms with Crippen molar-refractivity contribution in [2.75, 3.05) is 31.1 Å². The van der Waals surface area contributed by atoms with E-state index in [4.69, 9.17) is 0 Å². The summed E-state index contributed by atoms with van der Waals surface area (Å²) in [5, 5.41) is 10.7. The fourth-order valence-corrected chi connectivity index (χ4v) is 3.92. The van der Waals surface area contributed by atoms with Crippen LogP contribution in [-0.4, -0.2) is 47.1 Å². The number of rotatable bonds is 4. The Bertz CT molecular complexity index is 1020. The normalized spacial score (nSPS) is 16.9. The first kappa shape index (κ1) is 19.3. The Morgan fingerprint density at radius 3 is 2.45 bits per heavy atom. The minimum atomic E-state index is -4.39. The quantitative estimate of drug-likeness (QED) is 0.688. The fourth-order valence-electron chi connectivity index (χ4n) is 3.92. The van der Waals surface area contributed by atoms with Gasteiger partial charge in [0.1, 0.15) is 6.04 Å². The predicted octanol–water partition coefficient (Wildman–Crippen LogP) is 4.13. The Balaban J connectivity index is 1.53. The average molecular weight is 403 g/mol. The number of aliphatic carboxylic acids is 1. The minimum absolute atomic E-state index is 0.437. The highest BCUT2D eigenvalue weighted by atomic mass is 19.4. The van der Waals surface area contributed by atoms with Crippen molar-refractivity contribution in [1.29, 1.82) is 0 Å². The molecule has 0 radical (unpaired) electrons. The number of benzene rings is 2. The van der Waals surface area contributed by atoms with Crippen LogP contribution in [0.25, 0.3) is 10.9 Å². The van der Waals surface area contributed by atoms with Crippen molar-refractivity contribution in [1.82, 2.24) is 9.88 Å². The summed E-state index contributed by atoms with van der Waals surface area (Å²) >= 11 is 0. The van der Waals surface area contributed by atoms with Crippen LogP contribution < -0.4 is 4.90 Å². The standard InChI is InChI=1S/C21H20F3N3O2/c22-21(23,24)14-4-3-5-15(12-14)26-8-10-27(11-9-26)19(20(28)29)17-13-25-18-7-2-1-6-16(17)18/h1-7,12-13,19,25H,8-11H2,(H,28,29). The molecular weight excluding hydrogens is 383 g/mol. The first-order valence-electron chi connectivity index (χ1n) is 9.29. The molecule has 0 amide bonds. The predicted molar refractivity (Wildman–Crippen MR) is 104 cm³/mol. The van der Waals surface area contributed by atoms with E-state index in [-0.39, 0.29) is 0 Å². The second-order valence-electron chi connectivity index (χ2n) is 7.10. The van der Waals surface area contributed by atoms with E-state index < -0.39 is 23.8 Å². The van der Waals surface area contributed by atoms with Crippen LogP contribution in [0, 0.1) is 0 Å². The van der Waals surface area contributed by atoms with Crippen LogP contribution in [-0.2, 0) is 11.0 Å². The van der Waals surface area contributed by atoms with Crippen molar-refractivity contribution < 1.29 is 23.1 Å². The van der Waals surface area contributed by atoms with Crippen molar-refractivity contribution in [2.24, 2.45) is 0 Å². The topological polar surface area (TPSA) is 59.6 Å². The highest BCUT2D eigenvalue weighted by Crippen LogP contribution is 2.33. The lowest BCUT2D eigenvalue weighted by atomic mass is 10.0. The van der Waals surface area contributed by atoms with Gasteiger partial charge in [-0.25, -0.2) is 0 Å². The van der Waals surface area contributed by atoms with Crippen LogP contribution in [0.3, 0.4) is 0 Å². The maximum Gasteiger partial charge on any atom is 0.416 e. The fraction of sp³-hybridized carbons (Fsp3) is 0.286. The van der Waals surface area contributed by atoms with Gasteiger partial charge in [0.05, 0.1) is 5.56 Å². The van der Waals surface area contributed by atoms with E-state index >= 15 is 0 Å². The molecule has 1 fully saturated rings. The summed E-state index contributed by atoms with van der Waals surface area (Å²) in [7, 11) is 0. The number of nitrogens with one attached hydrogen (secondary N) is 1. The molecule has 4 rings (SSSR count). The zero-order valence-corrected chi connectivity index (χ0v) is 15.5. The number of aromatic amines is 1. The molecule has 2 heterocycles. The number of para-hydroxylation sites is 1. The highest BCUT2D eigenvalue weighted by Gasteiger charge is 2.33. The SMILES string of the molecule is O=C(O)C(c1c[nH]c2ccccc12)N1CCN(c2cccc(C(F)(F)F)c2)CC1. The maximum atomic E-state index is 13.0. The largest absolute Gasteiger partial charge is 0.480 e. The Hall–Kier alpha value is -3.00. The number of nitrogens with zero attached hydrogens (tertiary/aromatic N) is 2. The van der Waals surface area contributed by atoms with E-state index in [1.807, 2.05) is 34.1 Å². The summed E-state index contributed by atoms with van der Waals surface area (Å²) in [6.07, 6.45) is -2.66. The molecule has 152 valence electrons. The third-order valence-corrected chi connectivity index (χ3v) is 5.37. The summed E-state index contributed by atoms with van der Waals surface area (Å²) in [4.78, 5) is 18.9. The van der Waals surface area contributed by atoms with Gasteiger partial charge in [-0.15, -0.1) is 0 Å². The van der Waals surface area contributed by atoms with E-state index in [2.05, 4.69) is 4.98 Å². The summed E-state index contributed by atoms with van der Waals surface area (Å²) in [6.45, 7) is 1.78. The number of aromatic nitrogens is 1. The Morgan fingerprint density at radius 1 is 1.03 bits per heavy atom. The van der Waals surface area contributed by atoms with E-state index in [9.17, 15) is 23.1 Å². The van der Waals surface area contributed by atoms with Gasteiger partial charge < -0.3 is 15.0 Å². The molecule has 0 aliphatic carbocycles. The second-order valence-corrected chi connectivity index (χ2v) is 7.10. The molecule has 5 nitrogen and oxygen atoms in total. The Morgan fingerprint density at radius 2 is 1.76 bits per heavy atom. The van der Waals surface area contributed by atoms with E-state index in [0.717, 1.165) is 23.0 Å². The minimum Gasteiger partial charge on any atom is -0.480 e. The number of halogens is 3. The number of hydrogen-bond acceptors (Lipinski definition) is 3. The third-order valence-electron chi connectivity index (χ3n) is 5.37. The van der Waals surface area contributed by atoms with Gasteiger partial charge in [-0.3, -0.25) is 9.69 Å². The summed E-state index contributed by atoms with van der Waals surface area (Å²) in [5.74, 6) is -0.942. The van der Waals surface area contributed by atoms with E-state index in [1.165, 1.54) is 6.07 Å². The molecule has 1 unspecified atom stereocenters. The van der Waals surface area contributed by atoms with Crippen LogP contribution in [0.1, 0.15) is 17.2 Å². The smallest absolute Gasteiger partial charge is 0.416 e. The van der Waals surface area contributed by atoms with Crippen molar-refractivity contribution in [2.45, 2.75) is 12.2 Å². The van der Waals surface area contributed by atoms with Crippen molar-refractivity contribution in [3.8, 4) is 0 Å². The summed E-state index contributed by atoms with van der Waals surface area (Å²) in [5.41, 5.74) is 1.38. The number of anilines is 1. The molecule has 0 saturated carbocycles. The number of alkyl halides is 3. The number of carboxylic acid groups (broad SMARTS) is 1. The zero-order chi connectivity index (χ0) is 20.6. The van der Waals surface area contributed by atoms with E-state index in [1.54, 1.807) is 12.3 Å². The van der Waals surface area contributed by atoms with Crippen molar-refractivity contribution in [3.05, 3.63) is 65.9 Å². The first-order valence-corrected chi connectivity index (χ1v) is 9.29. The molecule has 0 spiro atoms. The molecular formula is C21H20F3N3O2. The van der Waals surface area contributed by atoms with Gasteiger partial charge in [0.15, 0.2) is 0 Å².